The van der Waals surface area contributed by atoms with Gasteiger partial charge in [-0.3, -0.25) is 0 Å². The van der Waals surface area contributed by atoms with Gasteiger partial charge in [-0.1, -0.05) is 11.6 Å². The molecule has 0 amide bonds. The average molecular weight is 746 g/mol. The second kappa shape index (κ2) is 14.4. The minimum atomic E-state index is -3.07. The summed E-state index contributed by atoms with van der Waals surface area (Å²) in [7, 11) is -3.07. The molecule has 0 spiro atoms. The van der Waals surface area contributed by atoms with Crippen LogP contribution in [0.4, 0.5) is 0 Å². The molecule has 2 aliphatic carbocycles. The van der Waals surface area contributed by atoms with E-state index in [4.69, 9.17) is 51.1 Å². The molecule has 1 fully saturated rings. The van der Waals surface area contributed by atoms with Crippen LogP contribution < -0.4 is 15.9 Å². The Labute approximate surface area is 307 Å². The Morgan fingerprint density at radius 3 is 1.35 bits per heavy atom. The van der Waals surface area contributed by atoms with Crippen LogP contribution in [0.5, 0.6) is 0 Å². The third-order valence-electron chi connectivity index (χ3n) is 10.0. The number of Topliss-reactive ketones (excluding diaryl/α,β-unsaturated/α-hetero) is 2. The van der Waals surface area contributed by atoms with E-state index in [1.54, 1.807) is 18.2 Å². The average Bonchev–Trinajstić information content (AvgIpc) is 3.13. The van der Waals surface area contributed by atoms with Gasteiger partial charge in [-0.15, -0.1) is 0 Å². The van der Waals surface area contributed by atoms with Crippen LogP contribution in [0.25, 0.3) is 0 Å². The standard InChI is InChI=1S/C41H33Cl4O3P/c42-29-11-9-27(10-12-29)26-5-7-28(8-6-26)38-39(46)36-3-1-2-4-37(36)40(47)41(38)48-25-49(33-19-13-30(43)14-20-33,34-21-15-31(44)16-22-34)35-23-17-32(45)18-24-35/h1-4,9-24,26,28,49H,5-8,25H2. The molecule has 0 bridgehead atoms. The Kier molecular flexibility index (Phi) is 10.0. The number of benzene rings is 5. The maximum absolute atomic E-state index is 14.4. The van der Waals surface area contributed by atoms with Gasteiger partial charge in [0.25, 0.3) is 0 Å². The van der Waals surface area contributed by atoms with Crippen LogP contribution in [-0.4, -0.2) is 17.9 Å². The first kappa shape index (κ1) is 34.0. The van der Waals surface area contributed by atoms with Crippen molar-refractivity contribution in [3.8, 4) is 0 Å². The molecule has 8 heteroatoms. The normalized spacial score (nSPS) is 18.3. The molecule has 0 atom stereocenters. The number of ether oxygens (including phenoxy) is 1. The summed E-state index contributed by atoms with van der Waals surface area (Å²) in [4.78, 5) is 28.8. The first-order chi connectivity index (χ1) is 23.7. The van der Waals surface area contributed by atoms with Crippen molar-refractivity contribution in [3.05, 3.63) is 169 Å². The fourth-order valence-corrected chi connectivity index (χ4v) is 12.0. The monoisotopic (exact) mass is 744 g/mol. The topological polar surface area (TPSA) is 43.4 Å². The molecule has 0 aromatic heterocycles. The quantitative estimate of drug-likeness (QED) is 0.149. The molecule has 5 aromatic carbocycles. The number of halogens is 4. The van der Waals surface area contributed by atoms with Crippen molar-refractivity contribution in [2.75, 3.05) is 6.35 Å². The third kappa shape index (κ3) is 6.73. The molecular weight excluding hydrogens is 713 g/mol. The molecule has 0 radical (unpaired) electrons. The van der Waals surface area contributed by atoms with Crippen LogP contribution >= 0.6 is 53.7 Å². The molecule has 0 aliphatic heterocycles. The molecule has 7 rings (SSSR count). The molecule has 2 aliphatic rings. The van der Waals surface area contributed by atoms with Crippen molar-refractivity contribution in [2.45, 2.75) is 31.6 Å². The number of allylic oxidation sites excluding steroid dienone is 2. The van der Waals surface area contributed by atoms with E-state index in [2.05, 4.69) is 12.1 Å². The van der Waals surface area contributed by atoms with Crippen LogP contribution in [0, 0.1) is 5.92 Å². The predicted molar refractivity (Wildman–Crippen MR) is 206 cm³/mol. The van der Waals surface area contributed by atoms with Gasteiger partial charge in [0.05, 0.1) is 0 Å². The summed E-state index contributed by atoms with van der Waals surface area (Å²) in [5.74, 6) is 0.0292. The van der Waals surface area contributed by atoms with Gasteiger partial charge in [0.1, 0.15) is 0 Å². The van der Waals surface area contributed by atoms with Gasteiger partial charge in [0.2, 0.25) is 0 Å². The van der Waals surface area contributed by atoms with Crippen LogP contribution in [-0.2, 0) is 4.74 Å². The molecule has 0 N–H and O–H groups in total. The van der Waals surface area contributed by atoms with Crippen molar-refractivity contribution >= 4 is 81.1 Å². The molecule has 49 heavy (non-hydrogen) atoms. The first-order valence-corrected chi connectivity index (χ1v) is 20.1. The number of ketones is 2. The Morgan fingerprint density at radius 2 is 0.898 bits per heavy atom. The van der Waals surface area contributed by atoms with Crippen molar-refractivity contribution in [1.29, 1.82) is 0 Å². The second-order valence-corrected chi connectivity index (χ2v) is 18.3. The summed E-state index contributed by atoms with van der Waals surface area (Å²) in [5.41, 5.74) is 2.54. The fraction of sp³-hybridized carbons (Fsp3) is 0.171. The summed E-state index contributed by atoms with van der Waals surface area (Å²) < 4.78 is 6.89. The summed E-state index contributed by atoms with van der Waals surface area (Å²) in [6.45, 7) is 0. The number of carbonyl (C=O) groups is 2. The van der Waals surface area contributed by atoms with E-state index in [9.17, 15) is 9.59 Å². The van der Waals surface area contributed by atoms with E-state index in [-0.39, 0.29) is 29.6 Å². The second-order valence-electron chi connectivity index (χ2n) is 12.8. The summed E-state index contributed by atoms with van der Waals surface area (Å²) in [6, 6.07) is 38.5. The van der Waals surface area contributed by atoms with E-state index in [1.807, 2.05) is 91.0 Å². The third-order valence-corrected chi connectivity index (χ3v) is 15.6. The van der Waals surface area contributed by atoms with E-state index in [1.165, 1.54) is 5.56 Å². The molecule has 248 valence electrons. The fourth-order valence-electron chi connectivity index (χ4n) is 7.47. The number of fused-ring (bicyclic) bond motifs is 1. The van der Waals surface area contributed by atoms with Gasteiger partial charge in [-0.05, 0) is 0 Å². The summed E-state index contributed by atoms with van der Waals surface area (Å²) >= 11 is 25.3. The number of rotatable bonds is 8. The van der Waals surface area contributed by atoms with Crippen molar-refractivity contribution in [3.63, 3.8) is 0 Å². The van der Waals surface area contributed by atoms with Crippen LogP contribution in [0.2, 0.25) is 20.1 Å². The first-order valence-electron chi connectivity index (χ1n) is 16.3. The zero-order valence-electron chi connectivity index (χ0n) is 26.5. The zero-order valence-corrected chi connectivity index (χ0v) is 30.5. The molecule has 0 unspecified atom stereocenters. The Bertz CT molecular complexity index is 1920. The Morgan fingerprint density at radius 1 is 0.510 bits per heavy atom. The van der Waals surface area contributed by atoms with Crippen LogP contribution in [0.1, 0.15) is 57.9 Å². The van der Waals surface area contributed by atoms with E-state index >= 15 is 0 Å². The number of hydrogen-bond donors (Lipinski definition) is 0. The van der Waals surface area contributed by atoms with Gasteiger partial charge in [0.15, 0.2) is 0 Å². The molecule has 0 heterocycles. The Hall–Kier alpha value is -3.43. The summed E-state index contributed by atoms with van der Waals surface area (Å²) in [5, 5.41) is 5.65. The predicted octanol–water partition coefficient (Wildman–Crippen LogP) is 10.6. The number of carbonyl (C=O) groups excluding carboxylic acids is 2. The molecule has 0 saturated heterocycles. The zero-order chi connectivity index (χ0) is 34.1. The van der Waals surface area contributed by atoms with Crippen molar-refractivity contribution in [1.82, 2.24) is 0 Å². The van der Waals surface area contributed by atoms with Crippen molar-refractivity contribution in [2.24, 2.45) is 5.92 Å². The molecule has 5 aromatic rings. The molecule has 3 nitrogen and oxygen atoms in total. The van der Waals surface area contributed by atoms with Gasteiger partial charge < -0.3 is 0 Å². The van der Waals surface area contributed by atoms with Gasteiger partial charge in [0, 0.05) is 0 Å². The summed E-state index contributed by atoms with van der Waals surface area (Å²) in [6.07, 6.45) is 3.49. The molecule has 1 saturated carbocycles. The van der Waals surface area contributed by atoms with Gasteiger partial charge in [-0.25, -0.2) is 0 Å². The molecular formula is C41H33Cl4O3P. The minimum absolute atomic E-state index is 0.110. The van der Waals surface area contributed by atoms with E-state index < -0.39 is 7.26 Å². The maximum atomic E-state index is 14.4. The van der Waals surface area contributed by atoms with Crippen LogP contribution in [0.15, 0.2) is 133 Å². The van der Waals surface area contributed by atoms with E-state index in [0.717, 1.165) is 41.6 Å². The SMILES string of the molecule is O=C1C(OC[PH](c2ccc(Cl)cc2)(c2ccc(Cl)cc2)c2ccc(Cl)cc2)=C(C2CCC(c3ccc(Cl)cc3)CC2)C(=O)c2ccccc21. The Balaban J connectivity index is 1.33. The van der Waals surface area contributed by atoms with Crippen LogP contribution in [0.3, 0.4) is 0 Å². The van der Waals surface area contributed by atoms with Crippen molar-refractivity contribution < 1.29 is 14.3 Å². The van der Waals surface area contributed by atoms with E-state index in [0.29, 0.717) is 42.7 Å². The van der Waals surface area contributed by atoms with Gasteiger partial charge in [-0.2, -0.15) is 0 Å². The van der Waals surface area contributed by atoms with Gasteiger partial charge >= 0.3 is 297 Å². The number of hydrogen-bond acceptors (Lipinski definition) is 3.